The van der Waals surface area contributed by atoms with Crippen LogP contribution in [0.5, 0.6) is 11.5 Å². The summed E-state index contributed by atoms with van der Waals surface area (Å²) in [5.74, 6) is 2.33. The van der Waals surface area contributed by atoms with E-state index in [2.05, 4.69) is 34.0 Å². The third kappa shape index (κ3) is 5.73. The molecule has 0 unspecified atom stereocenters. The van der Waals surface area contributed by atoms with E-state index in [-0.39, 0.29) is 0 Å². The summed E-state index contributed by atoms with van der Waals surface area (Å²) in [6.45, 7) is 8.43. The van der Waals surface area contributed by atoms with E-state index in [9.17, 15) is 0 Å². The topological polar surface area (TPSA) is 98.4 Å². The van der Waals surface area contributed by atoms with E-state index >= 15 is 0 Å². The summed E-state index contributed by atoms with van der Waals surface area (Å²) in [5.41, 5.74) is 8.08. The van der Waals surface area contributed by atoms with Gasteiger partial charge in [0, 0.05) is 23.6 Å². The molecule has 0 aliphatic rings. The van der Waals surface area contributed by atoms with Crippen LogP contribution in [-0.2, 0) is 0 Å². The Bertz CT molecular complexity index is 985. The first-order chi connectivity index (χ1) is 15.1. The van der Waals surface area contributed by atoms with Crippen molar-refractivity contribution in [3.63, 3.8) is 0 Å². The van der Waals surface area contributed by atoms with Crippen LogP contribution in [0.4, 0.5) is 11.8 Å². The maximum absolute atomic E-state index is 5.91. The van der Waals surface area contributed by atoms with E-state index in [1.54, 1.807) is 20.3 Å². The second-order valence-corrected chi connectivity index (χ2v) is 7.27. The molecular formula is C23H32N6O2. The van der Waals surface area contributed by atoms with Crippen LogP contribution in [-0.4, -0.2) is 60.3 Å². The van der Waals surface area contributed by atoms with Gasteiger partial charge in [-0.15, -0.1) is 0 Å². The summed E-state index contributed by atoms with van der Waals surface area (Å²) < 4.78 is 10.9. The average molecular weight is 425 g/mol. The molecule has 0 radical (unpaired) electrons. The lowest BCUT2D eigenvalue weighted by atomic mass is 10.1. The minimum Gasteiger partial charge on any atom is -0.497 e. The molecule has 2 heterocycles. The number of pyridine rings is 1. The Morgan fingerprint density at radius 1 is 0.935 bits per heavy atom. The fraction of sp³-hybridized carbons (Fsp3) is 0.435. The zero-order valence-electron chi connectivity index (χ0n) is 18.8. The molecule has 0 saturated heterocycles. The summed E-state index contributed by atoms with van der Waals surface area (Å²) >= 11 is 0. The number of nitrogens with one attached hydrogen (secondary N) is 1. The summed E-state index contributed by atoms with van der Waals surface area (Å²) in [4.78, 5) is 16.2. The van der Waals surface area contributed by atoms with Gasteiger partial charge in [0.15, 0.2) is 5.65 Å². The zero-order chi connectivity index (χ0) is 22.2. The fourth-order valence-corrected chi connectivity index (χ4v) is 3.47. The van der Waals surface area contributed by atoms with Gasteiger partial charge in [-0.25, -0.2) is 9.97 Å². The van der Waals surface area contributed by atoms with Gasteiger partial charge in [-0.2, -0.15) is 4.98 Å². The Labute approximate surface area is 183 Å². The van der Waals surface area contributed by atoms with Crippen molar-refractivity contribution in [2.45, 2.75) is 26.7 Å². The predicted octanol–water partition coefficient (Wildman–Crippen LogP) is 3.83. The number of hydrogen-bond donors (Lipinski definition) is 2. The van der Waals surface area contributed by atoms with Gasteiger partial charge in [-0.3, -0.25) is 0 Å². The van der Waals surface area contributed by atoms with Crippen LogP contribution < -0.4 is 20.5 Å². The summed E-state index contributed by atoms with van der Waals surface area (Å²) in [5, 5.41) is 4.17. The number of fused-ring (bicyclic) bond motifs is 1. The first-order valence-corrected chi connectivity index (χ1v) is 10.7. The normalized spacial score (nSPS) is 11.1. The highest BCUT2D eigenvalue weighted by molar-refractivity contribution is 5.92. The van der Waals surface area contributed by atoms with Crippen molar-refractivity contribution in [3.05, 3.63) is 30.3 Å². The number of rotatable bonds is 11. The van der Waals surface area contributed by atoms with Crippen LogP contribution in [0.2, 0.25) is 0 Å². The molecule has 3 aromatic rings. The minimum atomic E-state index is 0.422. The molecule has 0 atom stereocenters. The van der Waals surface area contributed by atoms with Gasteiger partial charge in [0.2, 0.25) is 5.95 Å². The SMILES string of the molecule is CCN(CC)CCCCNc1nc(-c2cc(OC)cc(OC)c2)c2ccc(N)nc2n1. The number of nitrogen functional groups attached to an aromatic ring is 1. The maximum atomic E-state index is 5.91. The van der Waals surface area contributed by atoms with Gasteiger partial charge in [0.25, 0.3) is 0 Å². The molecule has 8 nitrogen and oxygen atoms in total. The van der Waals surface area contributed by atoms with E-state index in [0.717, 1.165) is 55.7 Å². The molecule has 3 rings (SSSR count). The number of aromatic nitrogens is 3. The van der Waals surface area contributed by atoms with Crippen LogP contribution in [0.3, 0.4) is 0 Å². The van der Waals surface area contributed by atoms with Crippen molar-refractivity contribution >= 4 is 22.8 Å². The number of ether oxygens (including phenoxy) is 2. The van der Waals surface area contributed by atoms with Gasteiger partial charge >= 0.3 is 0 Å². The van der Waals surface area contributed by atoms with Crippen molar-refractivity contribution in [3.8, 4) is 22.8 Å². The maximum Gasteiger partial charge on any atom is 0.225 e. The Kier molecular flexibility index (Phi) is 7.83. The van der Waals surface area contributed by atoms with Crippen LogP contribution >= 0.6 is 0 Å². The highest BCUT2D eigenvalue weighted by Crippen LogP contribution is 2.33. The minimum absolute atomic E-state index is 0.422. The molecule has 0 saturated carbocycles. The van der Waals surface area contributed by atoms with E-state index in [1.165, 1.54) is 0 Å². The largest absolute Gasteiger partial charge is 0.497 e. The lowest BCUT2D eigenvalue weighted by Crippen LogP contribution is -2.24. The molecule has 1 aromatic carbocycles. The van der Waals surface area contributed by atoms with Crippen molar-refractivity contribution < 1.29 is 9.47 Å². The van der Waals surface area contributed by atoms with Gasteiger partial charge in [-0.1, -0.05) is 13.8 Å². The highest BCUT2D eigenvalue weighted by Gasteiger charge is 2.14. The van der Waals surface area contributed by atoms with Crippen molar-refractivity contribution in [2.24, 2.45) is 0 Å². The molecule has 0 fully saturated rings. The monoisotopic (exact) mass is 424 g/mol. The third-order valence-corrected chi connectivity index (χ3v) is 5.28. The first kappa shape index (κ1) is 22.6. The second kappa shape index (κ2) is 10.8. The van der Waals surface area contributed by atoms with Gasteiger partial charge < -0.3 is 25.4 Å². The Morgan fingerprint density at radius 3 is 2.29 bits per heavy atom. The molecule has 0 bridgehead atoms. The lowest BCUT2D eigenvalue weighted by molar-refractivity contribution is 0.298. The van der Waals surface area contributed by atoms with Crippen LogP contribution in [0.1, 0.15) is 26.7 Å². The number of anilines is 2. The number of hydrogen-bond acceptors (Lipinski definition) is 8. The Balaban J connectivity index is 1.87. The average Bonchev–Trinajstić information content (AvgIpc) is 2.80. The zero-order valence-corrected chi connectivity index (χ0v) is 18.8. The molecule has 8 heteroatoms. The van der Waals surface area contributed by atoms with Crippen LogP contribution in [0, 0.1) is 0 Å². The molecule has 0 amide bonds. The standard InChI is InChI=1S/C23H32N6O2/c1-5-29(6-2)12-8-7-11-25-23-27-21(19-9-10-20(24)26-22(19)28-23)16-13-17(30-3)15-18(14-16)31-4/h9-10,13-15H,5-8,11-12H2,1-4H3,(H3,24,25,26,27,28). The summed E-state index contributed by atoms with van der Waals surface area (Å²) in [7, 11) is 3.26. The molecule has 166 valence electrons. The smallest absolute Gasteiger partial charge is 0.225 e. The highest BCUT2D eigenvalue weighted by atomic mass is 16.5. The molecular weight excluding hydrogens is 392 g/mol. The molecule has 2 aromatic heterocycles. The number of nitrogens with zero attached hydrogens (tertiary/aromatic N) is 4. The fourth-order valence-electron chi connectivity index (χ4n) is 3.47. The van der Waals surface area contributed by atoms with Crippen molar-refractivity contribution in [1.82, 2.24) is 19.9 Å². The number of unbranched alkanes of at least 4 members (excludes halogenated alkanes) is 1. The molecule has 31 heavy (non-hydrogen) atoms. The van der Waals surface area contributed by atoms with Gasteiger partial charge in [-0.05, 0) is 56.7 Å². The third-order valence-electron chi connectivity index (χ3n) is 5.28. The van der Waals surface area contributed by atoms with E-state index in [4.69, 9.17) is 20.2 Å². The second-order valence-electron chi connectivity index (χ2n) is 7.27. The number of nitrogens with two attached hydrogens (primary N) is 1. The van der Waals surface area contributed by atoms with E-state index in [1.807, 2.05) is 24.3 Å². The molecule has 3 N–H and O–H groups in total. The van der Waals surface area contributed by atoms with Gasteiger partial charge in [0.05, 0.1) is 19.9 Å². The summed E-state index contributed by atoms with van der Waals surface area (Å²) in [6.07, 6.45) is 2.15. The Hall–Kier alpha value is -3.13. The molecule has 0 aliphatic carbocycles. The summed E-state index contributed by atoms with van der Waals surface area (Å²) in [6, 6.07) is 9.33. The predicted molar refractivity (Wildman–Crippen MR) is 126 cm³/mol. The van der Waals surface area contributed by atoms with Crippen molar-refractivity contribution in [1.29, 1.82) is 0 Å². The lowest BCUT2D eigenvalue weighted by Gasteiger charge is -2.17. The van der Waals surface area contributed by atoms with Crippen molar-refractivity contribution in [2.75, 3.05) is 51.4 Å². The molecule has 0 spiro atoms. The van der Waals surface area contributed by atoms with E-state index < -0.39 is 0 Å². The first-order valence-electron chi connectivity index (χ1n) is 10.7. The quantitative estimate of drug-likeness (QED) is 0.448. The number of methoxy groups -OCH3 is 2. The van der Waals surface area contributed by atoms with Crippen LogP contribution in [0.15, 0.2) is 30.3 Å². The Morgan fingerprint density at radius 2 is 1.65 bits per heavy atom. The van der Waals surface area contributed by atoms with Crippen LogP contribution in [0.25, 0.3) is 22.3 Å². The molecule has 0 aliphatic heterocycles. The van der Waals surface area contributed by atoms with Gasteiger partial charge in [0.1, 0.15) is 17.3 Å². The number of benzene rings is 1. The van der Waals surface area contributed by atoms with E-state index in [0.29, 0.717) is 28.9 Å².